The summed E-state index contributed by atoms with van der Waals surface area (Å²) in [4.78, 5) is 4.69. The zero-order chi connectivity index (χ0) is 16.2. The van der Waals surface area contributed by atoms with Gasteiger partial charge in [0.15, 0.2) is 11.0 Å². The summed E-state index contributed by atoms with van der Waals surface area (Å²) in [6, 6.07) is 8.27. The highest BCUT2D eigenvalue weighted by atomic mass is 16.3. The van der Waals surface area contributed by atoms with E-state index in [2.05, 4.69) is 33.2 Å². The first-order valence-electron chi connectivity index (χ1n) is 8.36. The Labute approximate surface area is 135 Å². The molecule has 0 saturated heterocycles. The lowest BCUT2D eigenvalue weighted by atomic mass is 9.95. The number of benzene rings is 1. The van der Waals surface area contributed by atoms with Crippen LogP contribution in [-0.2, 0) is 13.6 Å². The van der Waals surface area contributed by atoms with Crippen LogP contribution in [0.2, 0.25) is 0 Å². The van der Waals surface area contributed by atoms with E-state index in [0.29, 0.717) is 17.2 Å². The van der Waals surface area contributed by atoms with Gasteiger partial charge in [-0.3, -0.25) is 4.99 Å². The topological polar surface area (TPSA) is 67.4 Å². The van der Waals surface area contributed by atoms with Crippen LogP contribution in [0.25, 0.3) is 16.6 Å². The standard InChI is InChI=1S/C18H22N4O/c1-3-22-13-9-5-4-8-12(13)21(2)17(22)14-15(23)18(20-16(14)19)10-6-7-11-18/h4-5,8-9H,3,6-7,10-11H2,1-2H3,(H2,19,20)/p+1. The average Bonchev–Trinajstić information content (AvgIpc) is 3.19. The molecule has 0 radical (unpaired) electrons. The molecule has 2 aromatic rings. The zero-order valence-corrected chi connectivity index (χ0v) is 13.7. The van der Waals surface area contributed by atoms with E-state index in [1.807, 2.05) is 19.2 Å². The molecule has 4 rings (SSSR count). The lowest BCUT2D eigenvalue weighted by Crippen LogP contribution is -2.35. The number of rotatable bonds is 2. The monoisotopic (exact) mass is 311 g/mol. The van der Waals surface area contributed by atoms with Crippen LogP contribution in [0.15, 0.2) is 35.0 Å². The molecule has 23 heavy (non-hydrogen) atoms. The van der Waals surface area contributed by atoms with Gasteiger partial charge < -0.3 is 10.8 Å². The predicted octanol–water partition coefficient (Wildman–Crippen LogP) is 2.44. The molecule has 0 atom stereocenters. The number of amidine groups is 1. The summed E-state index contributed by atoms with van der Waals surface area (Å²) in [6.07, 6.45) is 3.96. The number of hydrogen-bond acceptors (Lipinski definition) is 3. The van der Waals surface area contributed by atoms with Gasteiger partial charge in [-0.1, -0.05) is 25.0 Å². The first-order valence-corrected chi connectivity index (χ1v) is 8.36. The van der Waals surface area contributed by atoms with E-state index < -0.39 is 5.54 Å². The Kier molecular flexibility index (Phi) is 3.01. The summed E-state index contributed by atoms with van der Waals surface area (Å²) in [6.45, 7) is 2.93. The fraction of sp³-hybridized carbons (Fsp3) is 0.444. The number of aromatic nitrogens is 2. The molecule has 2 aliphatic rings. The Morgan fingerprint density at radius 2 is 2.00 bits per heavy atom. The fourth-order valence-electron chi connectivity index (χ4n) is 4.23. The minimum absolute atomic E-state index is 0.362. The molecule has 1 aromatic carbocycles. The van der Waals surface area contributed by atoms with Gasteiger partial charge >= 0.3 is 0 Å². The summed E-state index contributed by atoms with van der Waals surface area (Å²) in [5.74, 6) is 1.77. The van der Waals surface area contributed by atoms with Crippen LogP contribution in [0, 0.1) is 0 Å². The van der Waals surface area contributed by atoms with Gasteiger partial charge in [0.25, 0.3) is 5.82 Å². The molecule has 5 heteroatoms. The van der Waals surface area contributed by atoms with E-state index in [0.717, 1.165) is 49.1 Å². The number of aliphatic imine (C=N–C) groups is 1. The number of nitrogens with two attached hydrogens (primary N) is 1. The van der Waals surface area contributed by atoms with Gasteiger partial charge in [-0.2, -0.15) is 0 Å². The Hall–Kier alpha value is -2.30. The summed E-state index contributed by atoms with van der Waals surface area (Å²) < 4.78 is 4.32. The third kappa shape index (κ3) is 1.79. The van der Waals surface area contributed by atoms with Crippen molar-refractivity contribution in [3.8, 4) is 0 Å². The third-order valence-corrected chi connectivity index (χ3v) is 5.35. The highest BCUT2D eigenvalue weighted by Crippen LogP contribution is 2.45. The minimum atomic E-state index is -0.471. The smallest absolute Gasteiger partial charge is 0.296 e. The molecule has 1 fully saturated rings. The van der Waals surface area contributed by atoms with E-state index >= 15 is 0 Å². The Morgan fingerprint density at radius 1 is 1.30 bits per heavy atom. The maximum atomic E-state index is 11.0. The number of aliphatic hydroxyl groups is 1. The van der Waals surface area contributed by atoms with Crippen molar-refractivity contribution in [1.29, 1.82) is 0 Å². The maximum Gasteiger partial charge on any atom is 0.296 e. The minimum Gasteiger partial charge on any atom is -0.509 e. The average molecular weight is 311 g/mol. The van der Waals surface area contributed by atoms with Crippen molar-refractivity contribution in [2.45, 2.75) is 44.7 Å². The van der Waals surface area contributed by atoms with Crippen LogP contribution in [-0.4, -0.2) is 21.0 Å². The number of hydrogen-bond donors (Lipinski definition) is 2. The largest absolute Gasteiger partial charge is 0.509 e. The van der Waals surface area contributed by atoms with Gasteiger partial charge in [0.1, 0.15) is 22.7 Å². The first-order chi connectivity index (χ1) is 11.1. The van der Waals surface area contributed by atoms with Gasteiger partial charge in [-0.25, -0.2) is 9.13 Å². The maximum absolute atomic E-state index is 11.0. The van der Waals surface area contributed by atoms with Crippen molar-refractivity contribution in [3.05, 3.63) is 35.8 Å². The molecule has 0 bridgehead atoms. The van der Waals surface area contributed by atoms with Crippen molar-refractivity contribution >= 4 is 22.4 Å². The summed E-state index contributed by atoms with van der Waals surface area (Å²) in [5.41, 5.74) is 8.80. The lowest BCUT2D eigenvalue weighted by Gasteiger charge is -2.19. The zero-order valence-electron chi connectivity index (χ0n) is 13.7. The van der Waals surface area contributed by atoms with Crippen LogP contribution in [0.4, 0.5) is 0 Å². The molecule has 1 aromatic heterocycles. The van der Waals surface area contributed by atoms with Gasteiger partial charge in [-0.05, 0) is 31.9 Å². The number of para-hydroxylation sites is 2. The molecule has 5 nitrogen and oxygen atoms in total. The third-order valence-electron chi connectivity index (χ3n) is 5.35. The van der Waals surface area contributed by atoms with Crippen molar-refractivity contribution < 1.29 is 9.67 Å². The second kappa shape index (κ2) is 4.85. The van der Waals surface area contributed by atoms with Crippen molar-refractivity contribution in [2.24, 2.45) is 17.8 Å². The molecule has 1 spiro atoms. The van der Waals surface area contributed by atoms with E-state index in [4.69, 9.17) is 5.73 Å². The number of fused-ring (bicyclic) bond motifs is 1. The van der Waals surface area contributed by atoms with Crippen molar-refractivity contribution in [2.75, 3.05) is 0 Å². The number of nitrogens with zero attached hydrogens (tertiary/aromatic N) is 3. The fourth-order valence-corrected chi connectivity index (χ4v) is 4.23. The lowest BCUT2D eigenvalue weighted by molar-refractivity contribution is -0.648. The Balaban J connectivity index is 2.01. The molecule has 1 aliphatic carbocycles. The van der Waals surface area contributed by atoms with Gasteiger partial charge in [-0.15, -0.1) is 0 Å². The van der Waals surface area contributed by atoms with Crippen LogP contribution in [0.1, 0.15) is 38.4 Å². The van der Waals surface area contributed by atoms with E-state index in [1.54, 1.807) is 0 Å². The number of aliphatic hydroxyl groups excluding tert-OH is 1. The molecule has 2 heterocycles. The molecule has 1 saturated carbocycles. The molecular formula is C18H23N4O+. The number of aryl methyl sites for hydroxylation is 2. The summed E-state index contributed by atoms with van der Waals surface area (Å²) in [7, 11) is 2.02. The van der Waals surface area contributed by atoms with Crippen LogP contribution >= 0.6 is 0 Å². The van der Waals surface area contributed by atoms with E-state index in [9.17, 15) is 5.11 Å². The SMILES string of the molecule is CCn1c(C2=C(O)C3(CCCC3)N=C2N)[n+](C)c2ccccc21. The highest BCUT2D eigenvalue weighted by Gasteiger charge is 2.47. The second-order valence-corrected chi connectivity index (χ2v) is 6.57. The molecule has 3 N–H and O–H groups in total. The van der Waals surface area contributed by atoms with Crippen LogP contribution < -0.4 is 10.3 Å². The quantitative estimate of drug-likeness (QED) is 0.837. The van der Waals surface area contributed by atoms with Gasteiger partial charge in [0.05, 0.1) is 13.6 Å². The molecule has 120 valence electrons. The number of imidazole rings is 1. The second-order valence-electron chi connectivity index (χ2n) is 6.57. The summed E-state index contributed by atoms with van der Waals surface area (Å²) in [5, 5.41) is 11.0. The molecule has 0 amide bonds. The molecule has 1 aliphatic heterocycles. The van der Waals surface area contributed by atoms with E-state index in [-0.39, 0.29) is 0 Å². The normalized spacial score (nSPS) is 20.0. The predicted molar refractivity (Wildman–Crippen MR) is 91.2 cm³/mol. The first kappa shape index (κ1) is 14.3. The Morgan fingerprint density at radius 3 is 2.70 bits per heavy atom. The van der Waals surface area contributed by atoms with E-state index in [1.165, 1.54) is 0 Å². The van der Waals surface area contributed by atoms with Gasteiger partial charge in [0, 0.05) is 0 Å². The van der Waals surface area contributed by atoms with Crippen molar-refractivity contribution in [3.63, 3.8) is 0 Å². The molecule has 0 unspecified atom stereocenters. The van der Waals surface area contributed by atoms with Crippen LogP contribution in [0.5, 0.6) is 0 Å². The van der Waals surface area contributed by atoms with Gasteiger partial charge in [0.2, 0.25) is 0 Å². The molecular weight excluding hydrogens is 288 g/mol. The highest BCUT2D eigenvalue weighted by molar-refractivity contribution is 6.23. The summed E-state index contributed by atoms with van der Waals surface area (Å²) >= 11 is 0. The Bertz CT molecular complexity index is 853. The van der Waals surface area contributed by atoms with Crippen LogP contribution in [0.3, 0.4) is 0 Å². The van der Waals surface area contributed by atoms with Crippen molar-refractivity contribution in [1.82, 2.24) is 4.57 Å².